The third-order valence-corrected chi connectivity index (χ3v) is 6.23. The Morgan fingerprint density at radius 3 is 2.28 bits per heavy atom. The van der Waals surface area contributed by atoms with E-state index in [0.29, 0.717) is 43.8 Å². The molecule has 0 saturated heterocycles. The zero-order chi connectivity index (χ0) is 29.0. The Bertz CT molecular complexity index is 1020. The Morgan fingerprint density at radius 1 is 0.860 bits per heavy atom. The topological polar surface area (TPSA) is 161 Å². The van der Waals surface area contributed by atoms with Crippen LogP contribution in [-0.2, 0) is 19.1 Å². The van der Waals surface area contributed by atoms with E-state index in [2.05, 4.69) is 26.6 Å². The number of urea groups is 1. The van der Waals surface area contributed by atoms with Crippen LogP contribution >= 0.6 is 0 Å². The molecule has 0 aliphatic heterocycles. The first-order valence-electron chi connectivity index (χ1n) is 13.9. The van der Waals surface area contributed by atoms with Crippen molar-refractivity contribution < 1.29 is 203 Å². The maximum Gasteiger partial charge on any atom is 1.00 e. The van der Waals surface area contributed by atoms with Crippen molar-refractivity contribution in [1.29, 1.82) is 0 Å². The molecule has 11 nitrogen and oxygen atoms in total. The number of ketones is 1. The van der Waals surface area contributed by atoms with Crippen molar-refractivity contribution in [1.82, 2.24) is 10.6 Å². The number of benzene rings is 1. The van der Waals surface area contributed by atoms with Gasteiger partial charge >= 0.3 is 175 Å². The summed E-state index contributed by atoms with van der Waals surface area (Å²) in [7, 11) is 1.83. The molecule has 0 fully saturated rings. The number of hydrogen-bond acceptors (Lipinski definition) is 7. The summed E-state index contributed by atoms with van der Waals surface area (Å²) in [5.41, 5.74) is 2.70. The zero-order valence-corrected chi connectivity index (χ0v) is 41.0. The maximum absolute atomic E-state index is 12.9. The van der Waals surface area contributed by atoms with Crippen LogP contribution < -0.4 is 185 Å². The molecule has 0 aromatic heterocycles. The van der Waals surface area contributed by atoms with Crippen molar-refractivity contribution in [2.45, 2.75) is 64.2 Å². The van der Waals surface area contributed by atoms with Gasteiger partial charge in [0.05, 0.1) is 11.8 Å². The van der Waals surface area contributed by atoms with E-state index < -0.39 is 18.2 Å². The molecular formula is C29H40N5O6Rb3. The van der Waals surface area contributed by atoms with Gasteiger partial charge in [0, 0.05) is 49.9 Å². The van der Waals surface area contributed by atoms with E-state index in [0.717, 1.165) is 62.5 Å². The molecule has 1 aliphatic carbocycles. The minimum Gasteiger partial charge on any atom is -0.651 e. The standard InChI is InChI=1S/C29H43N5O6.3Rb/c1-30-25-10-5-4-9-24(25)28(38)22-11-13-23(14-12-22)34-27(37)21-26(36)31-17-20-40-19-8-16-33-29(39)32-15-6-2-3-7-18-35;;;/h11-14,18H,2-10,15-17,19-21H2,1H3,(H5,30,31,32,33,34,36,37,38,39);;;/q;3*+1/p-3. The number of amides is 4. The summed E-state index contributed by atoms with van der Waals surface area (Å²) in [5, 5.41) is 17.4. The number of nitrogens with zero attached hydrogens (tertiary/aromatic N) is 3. The molecule has 2 rings (SSSR count). The van der Waals surface area contributed by atoms with Gasteiger partial charge < -0.3 is 45.7 Å². The number of hydrogen-bond donors (Lipinski definition) is 2. The predicted molar refractivity (Wildman–Crippen MR) is 153 cm³/mol. The molecule has 2 N–H and O–H groups in total. The van der Waals surface area contributed by atoms with Crippen LogP contribution in [0.4, 0.5) is 10.5 Å². The molecule has 1 aromatic rings. The first-order valence-corrected chi connectivity index (χ1v) is 13.9. The van der Waals surface area contributed by atoms with Crippen molar-refractivity contribution in [3.05, 3.63) is 57.0 Å². The SMILES string of the molecule is CNC1=C(C(=O)c2ccc([N-]C(=O)CC(=O)[N-]CCOCCC[N-]C(=O)NCCCCCC=O)cc2)CCCC1.[Rb+].[Rb+].[Rb+]. The van der Waals surface area contributed by atoms with E-state index in [9.17, 15) is 24.0 Å². The number of carbonyl (C=O) groups is 5. The van der Waals surface area contributed by atoms with Gasteiger partial charge in [-0.25, -0.2) is 0 Å². The largest absolute Gasteiger partial charge is 1.00 e. The van der Waals surface area contributed by atoms with Crippen LogP contribution in [0.5, 0.6) is 0 Å². The van der Waals surface area contributed by atoms with Gasteiger partial charge in [-0.05, 0) is 45.1 Å². The molecule has 0 atom stereocenters. The van der Waals surface area contributed by atoms with E-state index in [-0.39, 0.29) is 200 Å². The summed E-state index contributed by atoms with van der Waals surface area (Å²) in [6.45, 7) is 1.56. The van der Waals surface area contributed by atoms with Crippen molar-refractivity contribution >= 4 is 35.6 Å². The first-order chi connectivity index (χ1) is 19.4. The van der Waals surface area contributed by atoms with Gasteiger partial charge in [-0.2, -0.15) is 0 Å². The average Bonchev–Trinajstić information content (AvgIpc) is 2.96. The number of ether oxygens (including phenoxy) is 1. The second-order valence-electron chi connectivity index (χ2n) is 9.34. The Labute approximate surface area is 402 Å². The quantitative estimate of drug-likeness (QED) is 0.0624. The van der Waals surface area contributed by atoms with Gasteiger partial charge in [-0.1, -0.05) is 43.7 Å². The molecular weight excluding hydrogens is 771 g/mol. The zero-order valence-electron chi connectivity index (χ0n) is 26.3. The fraction of sp³-hybridized carbons (Fsp3) is 0.552. The predicted octanol–water partition coefficient (Wildman–Crippen LogP) is -4.00. The second kappa shape index (κ2) is 29.8. The normalized spacial score (nSPS) is 11.9. The maximum atomic E-state index is 12.9. The van der Waals surface area contributed by atoms with Gasteiger partial charge in [0.15, 0.2) is 11.8 Å². The van der Waals surface area contributed by atoms with Gasteiger partial charge in [0.1, 0.15) is 6.29 Å². The number of carbonyl (C=O) groups excluding carboxylic acids is 5. The summed E-state index contributed by atoms with van der Waals surface area (Å²) in [6.07, 6.45) is 7.74. The Balaban J connectivity index is 0. The molecule has 220 valence electrons. The summed E-state index contributed by atoms with van der Waals surface area (Å²) in [6, 6.07) is 6.11. The molecule has 1 aromatic carbocycles. The van der Waals surface area contributed by atoms with Crippen molar-refractivity contribution in [2.24, 2.45) is 0 Å². The van der Waals surface area contributed by atoms with E-state index in [1.54, 1.807) is 24.3 Å². The van der Waals surface area contributed by atoms with Gasteiger partial charge in [-0.15, -0.1) is 12.2 Å². The molecule has 0 spiro atoms. The van der Waals surface area contributed by atoms with Crippen LogP contribution in [0.3, 0.4) is 0 Å². The van der Waals surface area contributed by atoms with E-state index in [4.69, 9.17) is 4.74 Å². The van der Waals surface area contributed by atoms with Crippen molar-refractivity contribution in [2.75, 3.05) is 39.9 Å². The molecule has 4 amide bonds. The number of Topliss-reactive ketones (excluding diaryl/α,β-unsaturated/α-hetero) is 1. The Kier molecular flexibility index (Phi) is 32.4. The van der Waals surface area contributed by atoms with Crippen molar-refractivity contribution in [3.8, 4) is 0 Å². The van der Waals surface area contributed by atoms with Gasteiger partial charge in [0.25, 0.3) is 0 Å². The number of nitrogens with one attached hydrogen (secondary N) is 2. The Morgan fingerprint density at radius 2 is 1.58 bits per heavy atom. The fourth-order valence-corrected chi connectivity index (χ4v) is 4.13. The summed E-state index contributed by atoms with van der Waals surface area (Å²) < 4.78 is 5.38. The summed E-state index contributed by atoms with van der Waals surface area (Å²) in [4.78, 5) is 58.8. The molecule has 0 saturated carbocycles. The third kappa shape index (κ3) is 21.3. The smallest absolute Gasteiger partial charge is 0.651 e. The number of unbranched alkanes of at least 4 members (excludes halogenated alkanes) is 3. The van der Waals surface area contributed by atoms with Gasteiger partial charge in [0.2, 0.25) is 0 Å². The summed E-state index contributed by atoms with van der Waals surface area (Å²) in [5.74, 6) is -1.21. The number of aldehydes is 1. The van der Waals surface area contributed by atoms with Crippen LogP contribution in [0.25, 0.3) is 16.0 Å². The minimum absolute atomic E-state index is 0. The molecule has 0 bridgehead atoms. The van der Waals surface area contributed by atoms with Crippen LogP contribution in [-0.4, -0.2) is 69.8 Å². The van der Waals surface area contributed by atoms with E-state index in [1.165, 1.54) is 0 Å². The van der Waals surface area contributed by atoms with E-state index >= 15 is 0 Å². The first kappa shape index (κ1) is 46.8. The minimum atomic E-state index is -0.609. The summed E-state index contributed by atoms with van der Waals surface area (Å²) >= 11 is 0. The molecule has 1 aliphatic rings. The van der Waals surface area contributed by atoms with Gasteiger partial charge in [-0.3, -0.25) is 9.59 Å². The molecule has 0 unspecified atom stereocenters. The van der Waals surface area contributed by atoms with Crippen LogP contribution in [0.2, 0.25) is 0 Å². The Hall–Kier alpha value is 1.69. The molecule has 0 heterocycles. The average molecular weight is 811 g/mol. The third-order valence-electron chi connectivity index (χ3n) is 6.23. The van der Waals surface area contributed by atoms with Crippen molar-refractivity contribution in [3.63, 3.8) is 0 Å². The molecule has 0 radical (unpaired) electrons. The second-order valence-corrected chi connectivity index (χ2v) is 9.34. The number of rotatable bonds is 19. The van der Waals surface area contributed by atoms with Crippen LogP contribution in [0.1, 0.15) is 74.6 Å². The number of allylic oxidation sites excluding steroid dienone is 2. The monoisotopic (exact) mass is 809 g/mol. The van der Waals surface area contributed by atoms with E-state index in [1.807, 2.05) is 7.05 Å². The van der Waals surface area contributed by atoms with Crippen LogP contribution in [0, 0.1) is 0 Å². The fourth-order valence-electron chi connectivity index (χ4n) is 4.13. The molecule has 43 heavy (non-hydrogen) atoms. The van der Waals surface area contributed by atoms with Crippen LogP contribution in [0.15, 0.2) is 35.5 Å². The molecule has 14 heteroatoms.